The van der Waals surface area contributed by atoms with Crippen molar-refractivity contribution in [1.29, 1.82) is 0 Å². The molecule has 1 rings (SSSR count). The van der Waals surface area contributed by atoms with Crippen LogP contribution in [0.1, 0.15) is 10.5 Å². The van der Waals surface area contributed by atoms with Crippen LogP contribution in [0.4, 0.5) is 5.82 Å². The van der Waals surface area contributed by atoms with Crippen LogP contribution in [-0.2, 0) is 7.05 Å². The van der Waals surface area contributed by atoms with E-state index >= 15 is 0 Å². The van der Waals surface area contributed by atoms with E-state index in [0.717, 1.165) is 0 Å². The zero-order chi connectivity index (χ0) is 10.0. The Bertz CT molecular complexity index is 357. The summed E-state index contributed by atoms with van der Waals surface area (Å²) in [7, 11) is 1.46. The number of hydrogen-bond acceptors (Lipinski definition) is 5. The number of amides is 1. The first-order chi connectivity index (χ1) is 6.07. The van der Waals surface area contributed by atoms with E-state index in [2.05, 4.69) is 4.98 Å². The third kappa shape index (κ3) is 1.47. The zero-order valence-electron chi connectivity index (χ0n) is 6.72. The number of aromatic nitrogens is 2. The van der Waals surface area contributed by atoms with Crippen LogP contribution in [-0.4, -0.2) is 20.4 Å². The lowest BCUT2D eigenvalue weighted by Crippen LogP contribution is -2.31. The third-order valence-corrected chi connectivity index (χ3v) is 1.44. The molecule has 13 heavy (non-hydrogen) atoms. The summed E-state index contributed by atoms with van der Waals surface area (Å²) in [5.41, 5.74) is 1.63. The second-order valence-electron chi connectivity index (χ2n) is 2.26. The lowest BCUT2D eigenvalue weighted by atomic mass is 10.4. The highest BCUT2D eigenvalue weighted by molar-refractivity contribution is 5.95. The predicted octanol–water partition coefficient (Wildman–Crippen LogP) is -1.07. The van der Waals surface area contributed by atoms with Crippen LogP contribution in [0.25, 0.3) is 0 Å². The largest absolute Gasteiger partial charge is 0.395 e. The molecule has 0 aliphatic heterocycles. The monoisotopic (exact) mass is 185 g/mol. The molecule has 1 amide bonds. The zero-order valence-corrected chi connectivity index (χ0v) is 6.72. The fourth-order valence-corrected chi connectivity index (χ4v) is 0.882. The van der Waals surface area contributed by atoms with Crippen molar-refractivity contribution in [3.05, 3.63) is 22.1 Å². The fraction of sp³-hybridized carbons (Fsp3) is 0.200. The molecule has 8 nitrogen and oxygen atoms in total. The fourth-order valence-electron chi connectivity index (χ4n) is 0.882. The van der Waals surface area contributed by atoms with Gasteiger partial charge in [-0.25, -0.2) is 5.84 Å². The van der Waals surface area contributed by atoms with Gasteiger partial charge in [0, 0.05) is 7.05 Å². The van der Waals surface area contributed by atoms with Crippen molar-refractivity contribution in [3.63, 3.8) is 0 Å². The highest BCUT2D eigenvalue weighted by atomic mass is 16.6. The standard InChI is InChI=1S/C5H7N5O3/c1-9-2-7-4(10(12)13)3(9)5(11)8-6/h2H,6H2,1H3,(H,8,11). The van der Waals surface area contributed by atoms with Gasteiger partial charge in [-0.05, 0) is 9.91 Å². The number of carbonyl (C=O) groups excluding carboxylic acids is 1. The first-order valence-corrected chi connectivity index (χ1v) is 3.24. The van der Waals surface area contributed by atoms with Crippen molar-refractivity contribution >= 4 is 11.7 Å². The quantitative estimate of drug-likeness (QED) is 0.263. The molecule has 0 radical (unpaired) electrons. The second kappa shape index (κ2) is 3.19. The Balaban J connectivity index is 3.24. The van der Waals surface area contributed by atoms with Crippen LogP contribution in [0, 0.1) is 10.1 Å². The van der Waals surface area contributed by atoms with E-state index in [4.69, 9.17) is 5.84 Å². The number of hydrazine groups is 1. The molecule has 0 saturated carbocycles. The lowest BCUT2D eigenvalue weighted by Gasteiger charge is -1.98. The van der Waals surface area contributed by atoms with Gasteiger partial charge in [0.1, 0.15) is 0 Å². The van der Waals surface area contributed by atoms with Gasteiger partial charge in [0.15, 0.2) is 0 Å². The van der Waals surface area contributed by atoms with Crippen LogP contribution >= 0.6 is 0 Å². The summed E-state index contributed by atoms with van der Waals surface area (Å²) in [6.45, 7) is 0. The summed E-state index contributed by atoms with van der Waals surface area (Å²) in [5, 5.41) is 10.4. The number of imidazole rings is 1. The molecule has 0 unspecified atom stereocenters. The van der Waals surface area contributed by atoms with Crippen LogP contribution in [0.3, 0.4) is 0 Å². The van der Waals surface area contributed by atoms with E-state index in [0.29, 0.717) is 0 Å². The Morgan fingerprint density at radius 1 is 1.85 bits per heavy atom. The lowest BCUT2D eigenvalue weighted by molar-refractivity contribution is -0.389. The Morgan fingerprint density at radius 2 is 2.46 bits per heavy atom. The molecule has 0 spiro atoms. The molecule has 1 heterocycles. The minimum Gasteiger partial charge on any atom is -0.358 e. The number of hydrogen-bond donors (Lipinski definition) is 2. The van der Waals surface area contributed by atoms with Gasteiger partial charge in [0.05, 0.1) is 0 Å². The summed E-state index contributed by atoms with van der Waals surface area (Å²) in [5.74, 6) is 3.59. The Labute approximate surface area is 72.5 Å². The molecular weight excluding hydrogens is 178 g/mol. The number of nitrogen functional groups attached to an aromatic ring is 1. The maximum atomic E-state index is 11.0. The third-order valence-electron chi connectivity index (χ3n) is 1.44. The first-order valence-electron chi connectivity index (χ1n) is 3.24. The molecule has 8 heteroatoms. The summed E-state index contributed by atoms with van der Waals surface area (Å²) in [4.78, 5) is 24.1. The number of nitrogens with zero attached hydrogens (tertiary/aromatic N) is 3. The normalized spacial score (nSPS) is 9.69. The van der Waals surface area contributed by atoms with Crippen molar-refractivity contribution in [3.8, 4) is 0 Å². The summed E-state index contributed by atoms with van der Waals surface area (Å²) in [6.07, 6.45) is 1.17. The second-order valence-corrected chi connectivity index (χ2v) is 2.26. The van der Waals surface area contributed by atoms with E-state index in [1.165, 1.54) is 17.9 Å². The average molecular weight is 185 g/mol. The smallest absolute Gasteiger partial charge is 0.358 e. The predicted molar refractivity (Wildman–Crippen MR) is 41.5 cm³/mol. The minimum absolute atomic E-state index is 0.174. The number of rotatable bonds is 2. The number of carbonyl (C=O) groups is 1. The summed E-state index contributed by atoms with van der Waals surface area (Å²) < 4.78 is 1.22. The molecule has 0 fully saturated rings. The Kier molecular flexibility index (Phi) is 2.24. The van der Waals surface area contributed by atoms with Gasteiger partial charge >= 0.3 is 5.82 Å². The molecule has 0 bridgehead atoms. The van der Waals surface area contributed by atoms with E-state index in [1.54, 1.807) is 5.43 Å². The summed E-state index contributed by atoms with van der Waals surface area (Å²) >= 11 is 0. The van der Waals surface area contributed by atoms with Crippen molar-refractivity contribution in [1.82, 2.24) is 15.0 Å². The molecule has 0 atom stereocenters. The number of nitro groups is 1. The van der Waals surface area contributed by atoms with E-state index in [-0.39, 0.29) is 5.69 Å². The maximum absolute atomic E-state index is 11.0. The highest BCUT2D eigenvalue weighted by Gasteiger charge is 2.25. The van der Waals surface area contributed by atoms with E-state index in [9.17, 15) is 14.9 Å². The van der Waals surface area contributed by atoms with E-state index < -0.39 is 16.6 Å². The van der Waals surface area contributed by atoms with Crippen molar-refractivity contribution in [2.24, 2.45) is 12.9 Å². The molecule has 3 N–H and O–H groups in total. The van der Waals surface area contributed by atoms with Crippen LogP contribution in [0.2, 0.25) is 0 Å². The van der Waals surface area contributed by atoms with Gasteiger partial charge in [0.25, 0.3) is 5.91 Å². The van der Waals surface area contributed by atoms with Crippen LogP contribution in [0.15, 0.2) is 6.33 Å². The van der Waals surface area contributed by atoms with Crippen molar-refractivity contribution < 1.29 is 9.72 Å². The summed E-state index contributed by atoms with van der Waals surface area (Å²) in [6, 6.07) is 0. The van der Waals surface area contributed by atoms with Crippen molar-refractivity contribution in [2.45, 2.75) is 0 Å². The van der Waals surface area contributed by atoms with Gasteiger partial charge < -0.3 is 14.7 Å². The number of nitrogens with two attached hydrogens (primary N) is 1. The van der Waals surface area contributed by atoms with Crippen LogP contribution < -0.4 is 11.3 Å². The van der Waals surface area contributed by atoms with Gasteiger partial charge in [-0.2, -0.15) is 0 Å². The van der Waals surface area contributed by atoms with Gasteiger partial charge in [-0.1, -0.05) is 0 Å². The average Bonchev–Trinajstić information content (AvgIpc) is 2.46. The van der Waals surface area contributed by atoms with Gasteiger partial charge in [0.2, 0.25) is 12.0 Å². The molecule has 0 aliphatic rings. The Morgan fingerprint density at radius 3 is 2.92 bits per heavy atom. The molecule has 1 aromatic heterocycles. The molecule has 0 saturated heterocycles. The Hall–Kier alpha value is -1.96. The minimum atomic E-state index is -0.745. The van der Waals surface area contributed by atoms with Gasteiger partial charge in [-0.3, -0.25) is 10.2 Å². The van der Waals surface area contributed by atoms with Gasteiger partial charge in [-0.15, -0.1) is 0 Å². The molecule has 0 aromatic carbocycles. The molecule has 0 aliphatic carbocycles. The topological polar surface area (TPSA) is 116 Å². The maximum Gasteiger partial charge on any atom is 0.395 e. The SMILES string of the molecule is Cn1cnc([N+](=O)[O-])c1C(=O)NN. The van der Waals surface area contributed by atoms with Crippen molar-refractivity contribution in [2.75, 3.05) is 0 Å². The first kappa shape index (κ1) is 9.13. The molecule has 70 valence electrons. The van der Waals surface area contributed by atoms with E-state index in [1.807, 2.05) is 0 Å². The number of nitrogens with one attached hydrogen (secondary N) is 1. The molecule has 1 aromatic rings. The number of aryl methyl sites for hydroxylation is 1. The molecular formula is C5H7N5O3. The van der Waals surface area contributed by atoms with Crippen LogP contribution in [0.5, 0.6) is 0 Å². The highest BCUT2D eigenvalue weighted by Crippen LogP contribution is 2.13.